The van der Waals surface area contributed by atoms with Crippen LogP contribution in [0.1, 0.15) is 89.2 Å². The number of halogens is 1. The van der Waals surface area contributed by atoms with E-state index in [0.717, 1.165) is 66.8 Å². The van der Waals surface area contributed by atoms with Crippen LogP contribution in [0.5, 0.6) is 0 Å². The summed E-state index contributed by atoms with van der Waals surface area (Å²) in [5, 5.41) is 28.0. The zero-order valence-electron chi connectivity index (χ0n) is 26.8. The minimum absolute atomic E-state index is 0.136. The van der Waals surface area contributed by atoms with Gasteiger partial charge in [-0.05, 0) is 78.0 Å². The number of nitriles is 1. The molecule has 0 radical (unpaired) electrons. The summed E-state index contributed by atoms with van der Waals surface area (Å²) in [5.74, 6) is 0. The van der Waals surface area contributed by atoms with E-state index in [1.165, 1.54) is 0 Å². The summed E-state index contributed by atoms with van der Waals surface area (Å²) < 4.78 is 8.00. The number of piperidine rings is 1. The third-order valence-corrected chi connectivity index (χ3v) is 9.43. The second-order valence-corrected chi connectivity index (χ2v) is 14.0. The fourth-order valence-corrected chi connectivity index (χ4v) is 7.12. The molecule has 2 fully saturated rings. The number of likely N-dealkylation sites (tertiary alicyclic amines) is 1. The Bertz CT molecular complexity index is 1660. The van der Waals surface area contributed by atoms with Crippen molar-refractivity contribution in [2.24, 2.45) is 0 Å². The lowest BCUT2D eigenvalue weighted by Gasteiger charge is -2.40. The lowest BCUT2D eigenvalue weighted by Crippen LogP contribution is -2.46. The Kier molecular flexibility index (Phi) is 9.00. The van der Waals surface area contributed by atoms with Gasteiger partial charge >= 0.3 is 0 Å². The van der Waals surface area contributed by atoms with Gasteiger partial charge < -0.3 is 15.4 Å². The van der Waals surface area contributed by atoms with Crippen molar-refractivity contribution >= 4 is 33.9 Å². The number of aromatic nitrogens is 4. The van der Waals surface area contributed by atoms with Gasteiger partial charge in [0.15, 0.2) is 0 Å². The van der Waals surface area contributed by atoms with Crippen LogP contribution in [0.25, 0.3) is 10.9 Å². The smallest absolute Gasteiger partial charge is 0.109 e. The minimum atomic E-state index is -0.260. The molecule has 6 rings (SSSR count). The highest BCUT2D eigenvalue weighted by Gasteiger charge is 2.30. The van der Waals surface area contributed by atoms with Crippen LogP contribution < -0.4 is 10.6 Å². The van der Waals surface area contributed by atoms with E-state index >= 15 is 0 Å². The maximum absolute atomic E-state index is 10.0. The highest BCUT2D eigenvalue weighted by Crippen LogP contribution is 2.37. The van der Waals surface area contributed by atoms with Crippen molar-refractivity contribution in [2.45, 2.75) is 96.2 Å². The summed E-state index contributed by atoms with van der Waals surface area (Å²) in [6.07, 6.45) is 7.75. The van der Waals surface area contributed by atoms with Gasteiger partial charge in [0.25, 0.3) is 0 Å². The highest BCUT2D eigenvalue weighted by atomic mass is 35.5. The molecule has 45 heavy (non-hydrogen) atoms. The molecule has 2 N–H and O–H groups in total. The predicted molar refractivity (Wildman–Crippen MR) is 180 cm³/mol. The van der Waals surface area contributed by atoms with E-state index in [1.54, 1.807) is 6.20 Å². The molecule has 0 saturated carbocycles. The topological polar surface area (TPSA) is 104 Å². The molecule has 2 aliphatic rings. The molecule has 2 saturated heterocycles. The molecule has 236 valence electrons. The van der Waals surface area contributed by atoms with E-state index in [9.17, 15) is 5.26 Å². The Morgan fingerprint density at radius 2 is 1.78 bits per heavy atom. The number of pyridine rings is 1. The van der Waals surface area contributed by atoms with E-state index in [2.05, 4.69) is 89.8 Å². The first kappa shape index (κ1) is 31.3. The van der Waals surface area contributed by atoms with Crippen molar-refractivity contribution in [1.82, 2.24) is 24.9 Å². The van der Waals surface area contributed by atoms with Gasteiger partial charge in [-0.1, -0.05) is 47.1 Å². The van der Waals surface area contributed by atoms with Gasteiger partial charge in [0.05, 0.1) is 52.3 Å². The van der Waals surface area contributed by atoms with Gasteiger partial charge in [-0.15, -0.1) is 5.10 Å². The lowest BCUT2D eigenvalue weighted by molar-refractivity contribution is -0.0337. The Labute approximate surface area is 270 Å². The van der Waals surface area contributed by atoms with Gasteiger partial charge in [0.2, 0.25) is 0 Å². The van der Waals surface area contributed by atoms with E-state index < -0.39 is 0 Å². The van der Waals surface area contributed by atoms with Gasteiger partial charge in [0.1, 0.15) is 11.8 Å². The fraction of sp³-hybridized carbons (Fsp3) is 0.486. The Balaban J connectivity index is 1.32. The van der Waals surface area contributed by atoms with Crippen molar-refractivity contribution in [1.29, 1.82) is 5.26 Å². The number of rotatable bonds is 7. The molecular weight excluding hydrogens is 584 g/mol. The van der Waals surface area contributed by atoms with Gasteiger partial charge in [-0.3, -0.25) is 9.88 Å². The van der Waals surface area contributed by atoms with E-state index in [4.69, 9.17) is 16.3 Å². The average molecular weight is 627 g/mol. The monoisotopic (exact) mass is 626 g/mol. The van der Waals surface area contributed by atoms with E-state index in [1.807, 2.05) is 35.0 Å². The van der Waals surface area contributed by atoms with Crippen molar-refractivity contribution in [3.8, 4) is 6.07 Å². The number of hydrogen-bond donors (Lipinski definition) is 2. The first-order valence-corrected chi connectivity index (χ1v) is 16.4. The van der Waals surface area contributed by atoms with Crippen molar-refractivity contribution < 1.29 is 4.74 Å². The number of nitrogens with one attached hydrogen (secondary N) is 2. The van der Waals surface area contributed by atoms with Gasteiger partial charge in [-0.2, -0.15) is 5.26 Å². The molecule has 2 aromatic heterocycles. The lowest BCUT2D eigenvalue weighted by atomic mass is 9.98. The predicted octanol–water partition coefficient (Wildman–Crippen LogP) is 7.36. The summed E-state index contributed by atoms with van der Waals surface area (Å²) >= 11 is 6.87. The molecule has 2 aliphatic heterocycles. The third-order valence-electron chi connectivity index (χ3n) is 9.15. The maximum Gasteiger partial charge on any atom is 0.109 e. The van der Waals surface area contributed by atoms with Crippen LogP contribution in [0, 0.1) is 11.3 Å². The minimum Gasteiger partial charge on any atom is -0.380 e. The molecule has 4 heterocycles. The Hall–Kier alpha value is -3.71. The highest BCUT2D eigenvalue weighted by molar-refractivity contribution is 6.35. The van der Waals surface area contributed by atoms with Crippen LogP contribution in [0.15, 0.2) is 54.9 Å². The van der Waals surface area contributed by atoms with Crippen LogP contribution in [0.3, 0.4) is 0 Å². The van der Waals surface area contributed by atoms with Crippen LogP contribution in [-0.2, 0) is 4.74 Å². The third kappa shape index (κ3) is 6.94. The number of benzene rings is 2. The molecule has 2 unspecified atom stereocenters. The average Bonchev–Trinajstić information content (AvgIpc) is 3.50. The normalized spacial score (nSPS) is 22.2. The Morgan fingerprint density at radius 1 is 1.07 bits per heavy atom. The quantitative estimate of drug-likeness (QED) is 0.219. The zero-order valence-corrected chi connectivity index (χ0v) is 27.6. The summed E-state index contributed by atoms with van der Waals surface area (Å²) in [6, 6.07) is 16.8. The number of anilines is 2. The summed E-state index contributed by atoms with van der Waals surface area (Å²) in [7, 11) is 0. The first-order chi connectivity index (χ1) is 21.6. The molecule has 0 bridgehead atoms. The molecule has 10 heteroatoms. The molecule has 9 nitrogen and oxygen atoms in total. The number of fused-ring (bicyclic) bond motifs is 1. The second kappa shape index (κ2) is 13.0. The number of ether oxygens (including phenoxy) is 1. The van der Waals surface area contributed by atoms with Crippen molar-refractivity contribution in [2.75, 3.05) is 23.7 Å². The molecule has 3 atom stereocenters. The summed E-state index contributed by atoms with van der Waals surface area (Å²) in [6.45, 7) is 13.1. The molecule has 2 aromatic carbocycles. The first-order valence-electron chi connectivity index (χ1n) is 16.0. The number of nitrogens with zero attached hydrogens (tertiary/aromatic N) is 6. The number of hydrogen-bond acceptors (Lipinski definition) is 8. The second-order valence-electron chi connectivity index (χ2n) is 13.6. The van der Waals surface area contributed by atoms with Crippen molar-refractivity contribution in [3.05, 3.63) is 76.7 Å². The van der Waals surface area contributed by atoms with Crippen molar-refractivity contribution in [3.63, 3.8) is 0 Å². The molecule has 0 spiro atoms. The largest absolute Gasteiger partial charge is 0.380 e. The maximum atomic E-state index is 10.0. The Morgan fingerprint density at radius 3 is 2.44 bits per heavy atom. The van der Waals surface area contributed by atoms with Crippen LogP contribution in [-0.4, -0.2) is 61.8 Å². The fourth-order valence-electron chi connectivity index (χ4n) is 6.85. The standard InChI is InChI=1S/C35H43ClN8O/c1-22-15-26(16-23(2)45-22)39-32-25(19-37)20-38-34-29(32)17-27(18-30(34)36)40-33(24-9-7-6-8-10-24)31-21-44(42-41-31)28-11-13-43(14-12-28)35(3,4)5/h6-10,17-18,20-23,26,28,33,40H,11-16H2,1-5H3,(H,38,39)/t22?,23?,26?,33-/m0/s1. The summed E-state index contributed by atoms with van der Waals surface area (Å²) in [5.41, 5.74) is 4.77. The van der Waals surface area contributed by atoms with Crippen LogP contribution >= 0.6 is 11.6 Å². The van der Waals surface area contributed by atoms with E-state index in [0.29, 0.717) is 22.1 Å². The van der Waals surface area contributed by atoms with Gasteiger partial charge in [0, 0.05) is 41.9 Å². The van der Waals surface area contributed by atoms with Crippen LogP contribution in [0.2, 0.25) is 5.02 Å². The molecule has 0 amide bonds. The molecule has 4 aromatic rings. The van der Waals surface area contributed by atoms with Gasteiger partial charge in [-0.25, -0.2) is 4.68 Å². The SMILES string of the molecule is CC1CC(Nc2c(C#N)cnc3c(Cl)cc(N[C@@H](c4ccccc4)c4cn(C5CCN(C(C)(C)C)CC5)nn4)cc23)CC(C)O1. The van der Waals surface area contributed by atoms with Crippen LogP contribution in [0.4, 0.5) is 11.4 Å². The zero-order chi connectivity index (χ0) is 31.7. The summed E-state index contributed by atoms with van der Waals surface area (Å²) in [4.78, 5) is 7.11. The van der Waals surface area contributed by atoms with E-state index in [-0.39, 0.29) is 29.8 Å². The molecular formula is C35H43ClN8O. The molecule has 0 aliphatic carbocycles.